The summed E-state index contributed by atoms with van der Waals surface area (Å²) in [6.45, 7) is 1.08. The van der Waals surface area contributed by atoms with E-state index in [0.717, 1.165) is 25.7 Å². The van der Waals surface area contributed by atoms with E-state index in [-0.39, 0.29) is 18.7 Å². The average molecular weight is 256 g/mol. The third-order valence-corrected chi connectivity index (χ3v) is 3.87. The van der Waals surface area contributed by atoms with Crippen molar-refractivity contribution in [3.63, 3.8) is 0 Å². The molecule has 102 valence electrons. The van der Waals surface area contributed by atoms with Gasteiger partial charge in [-0.05, 0) is 32.1 Å². The molecule has 0 aromatic carbocycles. The first-order valence-corrected chi connectivity index (χ1v) is 6.56. The molecule has 2 amide bonds. The Morgan fingerprint density at radius 1 is 1.06 bits per heavy atom. The quantitative estimate of drug-likeness (QED) is 0.754. The van der Waals surface area contributed by atoms with Crippen molar-refractivity contribution in [2.45, 2.75) is 44.2 Å². The van der Waals surface area contributed by atoms with Crippen molar-refractivity contribution in [2.75, 3.05) is 19.7 Å². The number of aliphatic hydroxyl groups excluding tert-OH is 1. The highest BCUT2D eigenvalue weighted by atomic mass is 16.4. The van der Waals surface area contributed by atoms with Crippen LogP contribution in [0.4, 0.5) is 4.79 Å². The first-order valence-electron chi connectivity index (χ1n) is 6.56. The Morgan fingerprint density at radius 3 is 2.44 bits per heavy atom. The van der Waals surface area contributed by atoms with Crippen LogP contribution in [0.1, 0.15) is 32.1 Å². The lowest BCUT2D eigenvalue weighted by Crippen LogP contribution is -2.54. The lowest BCUT2D eigenvalue weighted by molar-refractivity contribution is -0.141. The average Bonchev–Trinajstić information content (AvgIpc) is 2.87. The van der Waals surface area contributed by atoms with E-state index in [1.165, 1.54) is 4.90 Å². The topological polar surface area (TPSA) is 81.1 Å². The van der Waals surface area contributed by atoms with Gasteiger partial charge < -0.3 is 20.0 Å². The van der Waals surface area contributed by atoms with E-state index in [0.29, 0.717) is 19.5 Å². The van der Waals surface area contributed by atoms with Crippen LogP contribution in [0.2, 0.25) is 0 Å². The summed E-state index contributed by atoms with van der Waals surface area (Å²) in [5.74, 6) is -0.932. The van der Waals surface area contributed by atoms with Crippen LogP contribution in [0.5, 0.6) is 0 Å². The van der Waals surface area contributed by atoms with Gasteiger partial charge in [0.2, 0.25) is 0 Å². The fourth-order valence-electron chi connectivity index (χ4n) is 2.86. The number of likely N-dealkylation sites (tertiary alicyclic amines) is 2. The van der Waals surface area contributed by atoms with Gasteiger partial charge in [0.05, 0.1) is 12.6 Å². The van der Waals surface area contributed by atoms with Gasteiger partial charge in [-0.15, -0.1) is 0 Å². The molecule has 2 rings (SSSR count). The maximum Gasteiger partial charge on any atom is 0.326 e. The number of rotatable bonds is 2. The van der Waals surface area contributed by atoms with Gasteiger partial charge in [0, 0.05) is 13.1 Å². The van der Waals surface area contributed by atoms with Crippen molar-refractivity contribution in [1.29, 1.82) is 0 Å². The molecule has 2 unspecified atom stereocenters. The molecule has 0 saturated carbocycles. The molecule has 18 heavy (non-hydrogen) atoms. The van der Waals surface area contributed by atoms with E-state index in [9.17, 15) is 14.7 Å². The van der Waals surface area contributed by atoms with E-state index in [4.69, 9.17) is 5.11 Å². The summed E-state index contributed by atoms with van der Waals surface area (Å²) in [5, 5.41) is 18.4. The van der Waals surface area contributed by atoms with E-state index in [1.807, 2.05) is 0 Å². The number of carboxylic acids is 1. The second-order valence-corrected chi connectivity index (χ2v) is 5.00. The summed E-state index contributed by atoms with van der Waals surface area (Å²) < 4.78 is 0. The molecule has 0 aliphatic carbocycles. The highest BCUT2D eigenvalue weighted by Gasteiger charge is 2.38. The molecule has 2 aliphatic rings. The number of aliphatic hydroxyl groups is 1. The Morgan fingerprint density at radius 2 is 1.78 bits per heavy atom. The van der Waals surface area contributed by atoms with E-state index in [2.05, 4.69) is 0 Å². The molecule has 2 aliphatic heterocycles. The highest BCUT2D eigenvalue weighted by Crippen LogP contribution is 2.23. The monoisotopic (exact) mass is 256 g/mol. The Balaban J connectivity index is 2.07. The second-order valence-electron chi connectivity index (χ2n) is 5.00. The van der Waals surface area contributed by atoms with Gasteiger partial charge >= 0.3 is 12.0 Å². The molecular weight excluding hydrogens is 236 g/mol. The maximum absolute atomic E-state index is 12.4. The summed E-state index contributed by atoms with van der Waals surface area (Å²) in [6, 6.07) is -1.07. The summed E-state index contributed by atoms with van der Waals surface area (Å²) in [7, 11) is 0. The lowest BCUT2D eigenvalue weighted by Gasteiger charge is -2.38. The fourth-order valence-corrected chi connectivity index (χ4v) is 2.86. The standard InChI is InChI=1S/C12H20N2O4/c15-8-9-4-1-2-6-13(9)12(18)14-7-3-5-10(14)11(16)17/h9-10,15H,1-8H2,(H,16,17). The zero-order valence-electron chi connectivity index (χ0n) is 10.4. The predicted octanol–water partition coefficient (Wildman–Crippen LogP) is 0.502. The number of nitrogens with zero attached hydrogens (tertiary/aromatic N) is 2. The number of hydrogen-bond acceptors (Lipinski definition) is 3. The molecule has 2 atom stereocenters. The lowest BCUT2D eigenvalue weighted by atomic mass is 10.0. The van der Waals surface area contributed by atoms with E-state index >= 15 is 0 Å². The molecule has 2 saturated heterocycles. The zero-order chi connectivity index (χ0) is 13.1. The minimum absolute atomic E-state index is 0.0443. The maximum atomic E-state index is 12.4. The Hall–Kier alpha value is -1.30. The summed E-state index contributed by atoms with van der Waals surface area (Å²) >= 11 is 0. The van der Waals surface area contributed by atoms with Crippen LogP contribution in [0.15, 0.2) is 0 Å². The molecule has 6 nitrogen and oxygen atoms in total. The molecule has 0 bridgehead atoms. The van der Waals surface area contributed by atoms with Gasteiger partial charge in [0.1, 0.15) is 6.04 Å². The predicted molar refractivity (Wildman–Crippen MR) is 64.2 cm³/mol. The Bertz CT molecular complexity index is 334. The first-order chi connectivity index (χ1) is 8.65. The minimum atomic E-state index is -0.932. The van der Waals surface area contributed by atoms with E-state index < -0.39 is 12.0 Å². The van der Waals surface area contributed by atoms with Crippen molar-refractivity contribution in [1.82, 2.24) is 9.80 Å². The molecule has 0 spiro atoms. The minimum Gasteiger partial charge on any atom is -0.480 e. The van der Waals surface area contributed by atoms with Crippen LogP contribution in [-0.2, 0) is 4.79 Å². The highest BCUT2D eigenvalue weighted by molar-refractivity contribution is 5.83. The van der Waals surface area contributed by atoms with Crippen LogP contribution < -0.4 is 0 Å². The molecule has 0 aromatic rings. The van der Waals surface area contributed by atoms with Crippen molar-refractivity contribution in [2.24, 2.45) is 0 Å². The largest absolute Gasteiger partial charge is 0.480 e. The number of aliphatic carboxylic acids is 1. The van der Waals surface area contributed by atoms with Gasteiger partial charge in [0.25, 0.3) is 0 Å². The van der Waals surface area contributed by atoms with Crippen LogP contribution >= 0.6 is 0 Å². The molecule has 2 N–H and O–H groups in total. The number of carbonyl (C=O) groups excluding carboxylic acids is 1. The fraction of sp³-hybridized carbons (Fsp3) is 0.833. The number of hydrogen-bond donors (Lipinski definition) is 2. The SMILES string of the molecule is O=C(O)C1CCCN1C(=O)N1CCCCC1CO. The molecule has 2 heterocycles. The molecule has 2 fully saturated rings. The molecule has 0 aromatic heterocycles. The second kappa shape index (κ2) is 5.56. The summed E-state index contributed by atoms with van der Waals surface area (Å²) in [5.41, 5.74) is 0. The third kappa shape index (κ3) is 2.43. The summed E-state index contributed by atoms with van der Waals surface area (Å²) in [4.78, 5) is 26.5. The van der Waals surface area contributed by atoms with Gasteiger partial charge in [-0.25, -0.2) is 9.59 Å². The molecule has 6 heteroatoms. The van der Waals surface area contributed by atoms with Crippen LogP contribution in [0.25, 0.3) is 0 Å². The van der Waals surface area contributed by atoms with Gasteiger partial charge in [-0.1, -0.05) is 0 Å². The van der Waals surface area contributed by atoms with Crippen LogP contribution in [0.3, 0.4) is 0 Å². The van der Waals surface area contributed by atoms with Gasteiger partial charge in [0.15, 0.2) is 0 Å². The van der Waals surface area contributed by atoms with Crippen molar-refractivity contribution >= 4 is 12.0 Å². The zero-order valence-corrected chi connectivity index (χ0v) is 10.4. The first kappa shape index (κ1) is 13.1. The number of carbonyl (C=O) groups is 2. The summed E-state index contributed by atoms with van der Waals surface area (Å²) in [6.07, 6.45) is 4.00. The normalized spacial score (nSPS) is 28.5. The Kier molecular flexibility index (Phi) is 4.06. The smallest absolute Gasteiger partial charge is 0.326 e. The van der Waals surface area contributed by atoms with Crippen molar-refractivity contribution in [3.05, 3.63) is 0 Å². The van der Waals surface area contributed by atoms with Crippen molar-refractivity contribution in [3.8, 4) is 0 Å². The van der Waals surface area contributed by atoms with Crippen LogP contribution in [0, 0.1) is 0 Å². The third-order valence-electron chi connectivity index (χ3n) is 3.87. The van der Waals surface area contributed by atoms with Gasteiger partial charge in [-0.3, -0.25) is 0 Å². The van der Waals surface area contributed by atoms with E-state index in [1.54, 1.807) is 4.90 Å². The van der Waals surface area contributed by atoms with Gasteiger partial charge in [-0.2, -0.15) is 0 Å². The molecule has 0 radical (unpaired) electrons. The number of urea groups is 1. The molecular formula is C12H20N2O4. The van der Waals surface area contributed by atoms with Crippen LogP contribution in [-0.4, -0.2) is 63.8 Å². The number of carboxylic acid groups (broad SMARTS) is 1. The number of amides is 2. The Labute approximate surface area is 106 Å². The number of piperidine rings is 1. The van der Waals surface area contributed by atoms with Crippen molar-refractivity contribution < 1.29 is 19.8 Å².